The molecule has 4 heteroatoms. The number of fused-ring (bicyclic) bond motifs is 1. The number of likely N-dealkylation sites (tertiary alicyclic amines) is 1. The maximum atomic E-state index is 12.2. The van der Waals surface area contributed by atoms with Gasteiger partial charge in [-0.1, -0.05) is 36.4 Å². The molecule has 0 spiro atoms. The number of rotatable bonds is 4. The minimum Gasteiger partial charge on any atom is -0.392 e. The lowest BCUT2D eigenvalue weighted by Crippen LogP contribution is -2.44. The Morgan fingerprint density at radius 2 is 2.09 bits per heavy atom. The Morgan fingerprint density at radius 3 is 2.87 bits per heavy atom. The molecule has 2 aromatic rings. The van der Waals surface area contributed by atoms with Crippen LogP contribution in [0.3, 0.4) is 0 Å². The van der Waals surface area contributed by atoms with Crippen molar-refractivity contribution < 1.29 is 9.90 Å². The first kappa shape index (κ1) is 16.0. The lowest BCUT2D eigenvalue weighted by molar-refractivity contribution is -0.123. The second-order valence-electron chi connectivity index (χ2n) is 6.43. The summed E-state index contributed by atoms with van der Waals surface area (Å²) in [5.41, 5.74) is 1.11. The first-order valence-electron chi connectivity index (χ1n) is 8.30. The highest BCUT2D eigenvalue weighted by Crippen LogP contribution is 2.20. The number of β-amino-alcohol motifs (C(OH)–C–C–N with tert-alkyl or cyclic N) is 1. The van der Waals surface area contributed by atoms with Gasteiger partial charge >= 0.3 is 0 Å². The predicted molar refractivity (Wildman–Crippen MR) is 92.2 cm³/mol. The zero-order chi connectivity index (χ0) is 16.2. The van der Waals surface area contributed by atoms with Crippen molar-refractivity contribution in [3.8, 4) is 0 Å². The first-order valence-corrected chi connectivity index (χ1v) is 8.30. The van der Waals surface area contributed by atoms with Crippen molar-refractivity contribution in [2.45, 2.75) is 31.9 Å². The van der Waals surface area contributed by atoms with E-state index in [-0.39, 0.29) is 18.1 Å². The summed E-state index contributed by atoms with van der Waals surface area (Å²) in [6.07, 6.45) is 1.50. The van der Waals surface area contributed by atoms with Gasteiger partial charge in [-0.25, -0.2) is 0 Å². The summed E-state index contributed by atoms with van der Waals surface area (Å²) in [4.78, 5) is 14.3. The number of nitrogens with zero attached hydrogens (tertiary/aromatic N) is 1. The van der Waals surface area contributed by atoms with Crippen molar-refractivity contribution >= 4 is 16.7 Å². The summed E-state index contributed by atoms with van der Waals surface area (Å²) in [6.45, 7) is 3.84. The Hall–Kier alpha value is -1.91. The van der Waals surface area contributed by atoms with Crippen LogP contribution in [0.4, 0.5) is 0 Å². The monoisotopic (exact) mass is 312 g/mol. The van der Waals surface area contributed by atoms with Crippen molar-refractivity contribution in [3.05, 3.63) is 48.0 Å². The largest absolute Gasteiger partial charge is 0.392 e. The number of carbonyl (C=O) groups excluding carboxylic acids is 1. The molecule has 2 aromatic carbocycles. The third kappa shape index (κ3) is 4.09. The fourth-order valence-corrected chi connectivity index (χ4v) is 3.23. The number of nitrogens with one attached hydrogen (secondary N) is 1. The molecular weight excluding hydrogens is 288 g/mol. The molecule has 122 valence electrons. The highest BCUT2D eigenvalue weighted by molar-refractivity contribution is 5.83. The SMILES string of the molecule is CC(NC(=O)CN1CCCC(O)C1)c1ccc2ccccc2c1. The fourth-order valence-electron chi connectivity index (χ4n) is 3.23. The number of hydrogen-bond acceptors (Lipinski definition) is 3. The summed E-state index contributed by atoms with van der Waals surface area (Å²) in [5.74, 6) is 0.0137. The van der Waals surface area contributed by atoms with Crippen molar-refractivity contribution in [1.82, 2.24) is 10.2 Å². The number of piperidine rings is 1. The molecule has 2 unspecified atom stereocenters. The second kappa shape index (κ2) is 7.11. The van der Waals surface area contributed by atoms with Crippen molar-refractivity contribution in [1.29, 1.82) is 0 Å². The van der Waals surface area contributed by atoms with E-state index in [2.05, 4.69) is 35.6 Å². The molecule has 1 amide bonds. The molecule has 0 saturated carbocycles. The molecule has 0 aromatic heterocycles. The van der Waals surface area contributed by atoms with Crippen LogP contribution < -0.4 is 5.32 Å². The Morgan fingerprint density at radius 1 is 1.30 bits per heavy atom. The van der Waals surface area contributed by atoms with Crippen LogP contribution in [-0.4, -0.2) is 41.7 Å². The molecule has 0 aliphatic carbocycles. The zero-order valence-corrected chi connectivity index (χ0v) is 13.5. The van der Waals surface area contributed by atoms with E-state index >= 15 is 0 Å². The van der Waals surface area contributed by atoms with Gasteiger partial charge in [-0.15, -0.1) is 0 Å². The number of aliphatic hydroxyl groups excluding tert-OH is 1. The van der Waals surface area contributed by atoms with E-state index in [0.717, 1.165) is 24.9 Å². The van der Waals surface area contributed by atoms with E-state index in [4.69, 9.17) is 0 Å². The van der Waals surface area contributed by atoms with E-state index in [9.17, 15) is 9.90 Å². The summed E-state index contributed by atoms with van der Waals surface area (Å²) in [6, 6.07) is 14.5. The predicted octanol–water partition coefficient (Wildman–Crippen LogP) is 2.47. The normalized spacial score (nSPS) is 20.3. The molecular formula is C19H24N2O2. The summed E-state index contributed by atoms with van der Waals surface area (Å²) in [7, 11) is 0. The standard InChI is InChI=1S/C19H24N2O2/c1-14(16-9-8-15-5-2-3-6-17(15)11-16)20-19(23)13-21-10-4-7-18(22)12-21/h2-3,5-6,8-9,11,14,18,22H,4,7,10,12-13H2,1H3,(H,20,23). The van der Waals surface area contributed by atoms with Crippen LogP contribution in [0.15, 0.2) is 42.5 Å². The van der Waals surface area contributed by atoms with E-state index in [1.807, 2.05) is 24.0 Å². The minimum absolute atomic E-state index is 0.0137. The average Bonchev–Trinajstić information content (AvgIpc) is 2.54. The lowest BCUT2D eigenvalue weighted by atomic mass is 10.0. The molecule has 1 fully saturated rings. The van der Waals surface area contributed by atoms with Gasteiger partial charge in [-0.2, -0.15) is 0 Å². The van der Waals surface area contributed by atoms with Gasteiger partial charge in [0, 0.05) is 6.54 Å². The van der Waals surface area contributed by atoms with Crippen LogP contribution in [0.1, 0.15) is 31.4 Å². The van der Waals surface area contributed by atoms with Crippen LogP contribution in [0, 0.1) is 0 Å². The van der Waals surface area contributed by atoms with Crippen molar-refractivity contribution in [3.63, 3.8) is 0 Å². The molecule has 1 aliphatic heterocycles. The Kier molecular flexibility index (Phi) is 4.94. The van der Waals surface area contributed by atoms with E-state index < -0.39 is 0 Å². The molecule has 2 atom stereocenters. The van der Waals surface area contributed by atoms with Gasteiger partial charge in [0.1, 0.15) is 0 Å². The average molecular weight is 312 g/mol. The van der Waals surface area contributed by atoms with Crippen LogP contribution in [0.25, 0.3) is 10.8 Å². The Labute approximate surface area is 137 Å². The number of aliphatic hydroxyl groups is 1. The fraction of sp³-hybridized carbons (Fsp3) is 0.421. The van der Waals surface area contributed by atoms with Crippen LogP contribution in [0.2, 0.25) is 0 Å². The maximum Gasteiger partial charge on any atom is 0.234 e. The molecule has 2 N–H and O–H groups in total. The Balaban J connectivity index is 1.60. The number of amides is 1. The number of carbonyl (C=O) groups is 1. The third-order valence-electron chi connectivity index (χ3n) is 4.50. The zero-order valence-electron chi connectivity index (χ0n) is 13.5. The van der Waals surface area contributed by atoms with Crippen molar-refractivity contribution in [2.24, 2.45) is 0 Å². The van der Waals surface area contributed by atoms with Gasteiger partial charge in [0.05, 0.1) is 18.7 Å². The van der Waals surface area contributed by atoms with Gasteiger partial charge in [0.25, 0.3) is 0 Å². The summed E-state index contributed by atoms with van der Waals surface area (Å²) < 4.78 is 0. The molecule has 1 aliphatic rings. The van der Waals surface area contributed by atoms with Crippen LogP contribution in [-0.2, 0) is 4.79 Å². The molecule has 1 saturated heterocycles. The van der Waals surface area contributed by atoms with Crippen LogP contribution in [0.5, 0.6) is 0 Å². The molecule has 0 bridgehead atoms. The molecule has 1 heterocycles. The highest BCUT2D eigenvalue weighted by atomic mass is 16.3. The first-order chi connectivity index (χ1) is 11.1. The number of hydrogen-bond donors (Lipinski definition) is 2. The van der Waals surface area contributed by atoms with Gasteiger partial charge in [0.15, 0.2) is 0 Å². The topological polar surface area (TPSA) is 52.6 Å². The molecule has 3 rings (SSSR count). The van der Waals surface area contributed by atoms with E-state index in [1.165, 1.54) is 10.8 Å². The second-order valence-corrected chi connectivity index (χ2v) is 6.43. The van der Waals surface area contributed by atoms with Crippen LogP contribution >= 0.6 is 0 Å². The lowest BCUT2D eigenvalue weighted by Gasteiger charge is -2.29. The van der Waals surface area contributed by atoms with E-state index in [1.54, 1.807) is 0 Å². The molecule has 4 nitrogen and oxygen atoms in total. The van der Waals surface area contributed by atoms with Gasteiger partial charge in [-0.3, -0.25) is 9.69 Å². The quantitative estimate of drug-likeness (QED) is 0.912. The third-order valence-corrected chi connectivity index (χ3v) is 4.50. The number of benzene rings is 2. The Bertz CT molecular complexity index is 686. The van der Waals surface area contributed by atoms with Gasteiger partial charge in [0.2, 0.25) is 5.91 Å². The molecule has 0 radical (unpaired) electrons. The van der Waals surface area contributed by atoms with Crippen molar-refractivity contribution in [2.75, 3.05) is 19.6 Å². The summed E-state index contributed by atoms with van der Waals surface area (Å²) in [5, 5.41) is 15.1. The van der Waals surface area contributed by atoms with Gasteiger partial charge in [-0.05, 0) is 48.7 Å². The molecule has 23 heavy (non-hydrogen) atoms. The smallest absolute Gasteiger partial charge is 0.234 e. The van der Waals surface area contributed by atoms with Gasteiger partial charge < -0.3 is 10.4 Å². The summed E-state index contributed by atoms with van der Waals surface area (Å²) >= 11 is 0. The van der Waals surface area contributed by atoms with E-state index in [0.29, 0.717) is 13.1 Å². The maximum absolute atomic E-state index is 12.2. The highest BCUT2D eigenvalue weighted by Gasteiger charge is 2.20. The minimum atomic E-state index is -0.297.